The summed E-state index contributed by atoms with van der Waals surface area (Å²) in [7, 11) is 0. The van der Waals surface area contributed by atoms with Gasteiger partial charge >= 0.3 is 0 Å². The molecule has 22 heavy (non-hydrogen) atoms. The number of ether oxygens (including phenoxy) is 1. The summed E-state index contributed by atoms with van der Waals surface area (Å²) in [6.45, 7) is 5.20. The summed E-state index contributed by atoms with van der Waals surface area (Å²) >= 11 is 1.19. The van der Waals surface area contributed by atoms with Crippen LogP contribution in [0, 0.1) is 0 Å². The zero-order valence-electron chi connectivity index (χ0n) is 12.6. The van der Waals surface area contributed by atoms with E-state index in [9.17, 15) is 4.79 Å². The Hall–Kier alpha value is -1.80. The van der Waals surface area contributed by atoms with Gasteiger partial charge in [-0.3, -0.25) is 4.79 Å². The lowest BCUT2D eigenvalue weighted by atomic mass is 10.4. The van der Waals surface area contributed by atoms with Crippen molar-refractivity contribution in [3.63, 3.8) is 0 Å². The van der Waals surface area contributed by atoms with Crippen LogP contribution in [0.15, 0.2) is 32.5 Å². The standard InChI is InChI=1S/C14H19N3O4S/c1-10(2)19-8-4-6-15-12(18)9-22-14-17-16-13(21-14)11-5-3-7-20-11/h3,5,7,10H,4,6,8-9H2,1-2H3,(H,15,18). The number of aromatic nitrogens is 2. The number of nitrogens with one attached hydrogen (secondary N) is 1. The highest BCUT2D eigenvalue weighted by atomic mass is 32.2. The van der Waals surface area contributed by atoms with Gasteiger partial charge in [0.05, 0.1) is 18.1 Å². The van der Waals surface area contributed by atoms with E-state index >= 15 is 0 Å². The molecule has 0 radical (unpaired) electrons. The molecule has 0 atom stereocenters. The highest BCUT2D eigenvalue weighted by molar-refractivity contribution is 7.99. The number of amides is 1. The third kappa shape index (κ3) is 5.53. The summed E-state index contributed by atoms with van der Waals surface area (Å²) in [6.07, 6.45) is 2.53. The number of rotatable bonds is 9. The van der Waals surface area contributed by atoms with Crippen LogP contribution in [0.25, 0.3) is 11.7 Å². The average molecular weight is 325 g/mol. The van der Waals surface area contributed by atoms with E-state index in [4.69, 9.17) is 13.6 Å². The molecule has 8 heteroatoms. The van der Waals surface area contributed by atoms with Crippen molar-refractivity contribution in [2.45, 2.75) is 31.6 Å². The molecular formula is C14H19N3O4S. The number of thioether (sulfide) groups is 1. The van der Waals surface area contributed by atoms with Crippen LogP contribution in [0.2, 0.25) is 0 Å². The summed E-state index contributed by atoms with van der Waals surface area (Å²) in [6, 6.07) is 3.47. The van der Waals surface area contributed by atoms with E-state index in [-0.39, 0.29) is 17.8 Å². The van der Waals surface area contributed by atoms with Gasteiger partial charge in [0.2, 0.25) is 5.91 Å². The predicted octanol–water partition coefficient (Wildman–Crippen LogP) is 2.35. The Morgan fingerprint density at radius 2 is 2.32 bits per heavy atom. The molecule has 0 spiro atoms. The van der Waals surface area contributed by atoms with Crippen LogP contribution >= 0.6 is 11.8 Å². The molecule has 0 unspecified atom stereocenters. The Bertz CT molecular complexity index is 568. The van der Waals surface area contributed by atoms with Crippen LogP contribution in [-0.4, -0.2) is 41.1 Å². The summed E-state index contributed by atoms with van der Waals surface area (Å²) in [5.74, 6) is 0.963. The Morgan fingerprint density at radius 3 is 3.05 bits per heavy atom. The zero-order chi connectivity index (χ0) is 15.8. The summed E-state index contributed by atoms with van der Waals surface area (Å²) in [4.78, 5) is 11.7. The summed E-state index contributed by atoms with van der Waals surface area (Å²) in [5.41, 5.74) is 0. The number of hydrogen-bond acceptors (Lipinski definition) is 7. The molecule has 0 aromatic carbocycles. The lowest BCUT2D eigenvalue weighted by molar-refractivity contribution is -0.118. The van der Waals surface area contributed by atoms with Gasteiger partial charge in [-0.15, -0.1) is 10.2 Å². The van der Waals surface area contributed by atoms with Gasteiger partial charge in [0.25, 0.3) is 11.1 Å². The van der Waals surface area contributed by atoms with Crippen LogP contribution in [0.1, 0.15) is 20.3 Å². The van der Waals surface area contributed by atoms with Crippen molar-refractivity contribution in [3.8, 4) is 11.7 Å². The Labute approximate surface area is 132 Å². The van der Waals surface area contributed by atoms with Gasteiger partial charge in [-0.2, -0.15) is 0 Å². The first-order valence-electron chi connectivity index (χ1n) is 7.03. The molecule has 1 N–H and O–H groups in total. The van der Waals surface area contributed by atoms with Crippen LogP contribution < -0.4 is 5.32 Å². The second-order valence-electron chi connectivity index (χ2n) is 4.76. The van der Waals surface area contributed by atoms with E-state index in [2.05, 4.69) is 15.5 Å². The maximum atomic E-state index is 11.7. The lowest BCUT2D eigenvalue weighted by Crippen LogP contribution is -2.27. The highest BCUT2D eigenvalue weighted by Gasteiger charge is 2.12. The fraction of sp³-hybridized carbons (Fsp3) is 0.500. The number of carbonyl (C=O) groups excluding carboxylic acids is 1. The smallest absolute Gasteiger partial charge is 0.284 e. The molecule has 120 valence electrons. The quantitative estimate of drug-likeness (QED) is 0.559. The maximum absolute atomic E-state index is 11.7. The first-order chi connectivity index (χ1) is 10.6. The van der Waals surface area contributed by atoms with E-state index in [1.165, 1.54) is 18.0 Å². The average Bonchev–Trinajstić information content (AvgIpc) is 3.15. The molecule has 0 aliphatic rings. The van der Waals surface area contributed by atoms with Crippen LogP contribution in [0.5, 0.6) is 0 Å². The molecule has 2 rings (SSSR count). The molecular weight excluding hydrogens is 306 g/mol. The van der Waals surface area contributed by atoms with Crippen LogP contribution in [-0.2, 0) is 9.53 Å². The third-order valence-corrected chi connectivity index (χ3v) is 3.38. The van der Waals surface area contributed by atoms with Crippen molar-refractivity contribution in [2.75, 3.05) is 18.9 Å². The molecule has 0 aliphatic heterocycles. The fourth-order valence-electron chi connectivity index (χ4n) is 1.57. The number of furan rings is 1. The van der Waals surface area contributed by atoms with Gasteiger partial charge in [-0.05, 0) is 32.4 Å². The van der Waals surface area contributed by atoms with Gasteiger partial charge in [0.15, 0.2) is 5.76 Å². The van der Waals surface area contributed by atoms with E-state index in [1.807, 2.05) is 13.8 Å². The monoisotopic (exact) mass is 325 g/mol. The molecule has 1 amide bonds. The normalized spacial score (nSPS) is 11.0. The Balaban J connectivity index is 1.64. The SMILES string of the molecule is CC(C)OCCCNC(=O)CSc1nnc(-c2ccco2)o1. The molecule has 7 nitrogen and oxygen atoms in total. The molecule has 0 saturated heterocycles. The van der Waals surface area contributed by atoms with Crippen LogP contribution in [0.4, 0.5) is 0 Å². The van der Waals surface area contributed by atoms with Gasteiger partial charge < -0.3 is 18.9 Å². The minimum absolute atomic E-state index is 0.0766. The first-order valence-corrected chi connectivity index (χ1v) is 8.02. The molecule has 0 aliphatic carbocycles. The van der Waals surface area contributed by atoms with Gasteiger partial charge in [0, 0.05) is 13.2 Å². The van der Waals surface area contributed by atoms with Crippen molar-refractivity contribution in [3.05, 3.63) is 18.4 Å². The predicted molar refractivity (Wildman–Crippen MR) is 81.4 cm³/mol. The van der Waals surface area contributed by atoms with E-state index < -0.39 is 0 Å². The minimum Gasteiger partial charge on any atom is -0.459 e. The largest absolute Gasteiger partial charge is 0.459 e. The van der Waals surface area contributed by atoms with Crippen LogP contribution in [0.3, 0.4) is 0 Å². The third-order valence-electron chi connectivity index (χ3n) is 2.56. The second kappa shape index (κ2) is 8.60. The second-order valence-corrected chi connectivity index (χ2v) is 5.69. The number of carbonyl (C=O) groups is 1. The molecule has 0 saturated carbocycles. The zero-order valence-corrected chi connectivity index (χ0v) is 13.4. The van der Waals surface area contributed by atoms with Gasteiger partial charge in [0.1, 0.15) is 0 Å². The van der Waals surface area contributed by atoms with Gasteiger partial charge in [-0.25, -0.2) is 0 Å². The summed E-state index contributed by atoms with van der Waals surface area (Å²) < 4.78 is 15.9. The number of nitrogens with zero attached hydrogens (tertiary/aromatic N) is 2. The van der Waals surface area contributed by atoms with E-state index in [0.29, 0.717) is 30.0 Å². The van der Waals surface area contributed by atoms with Gasteiger partial charge in [-0.1, -0.05) is 11.8 Å². The molecule has 2 aromatic rings. The minimum atomic E-state index is -0.0766. The first kappa shape index (κ1) is 16.6. The molecule has 0 bridgehead atoms. The van der Waals surface area contributed by atoms with Crippen molar-refractivity contribution in [1.29, 1.82) is 0 Å². The van der Waals surface area contributed by atoms with Crippen molar-refractivity contribution in [1.82, 2.24) is 15.5 Å². The lowest BCUT2D eigenvalue weighted by Gasteiger charge is -2.07. The summed E-state index contributed by atoms with van der Waals surface area (Å²) in [5, 5.41) is 10.9. The molecule has 2 heterocycles. The van der Waals surface area contributed by atoms with Crippen molar-refractivity contribution in [2.24, 2.45) is 0 Å². The van der Waals surface area contributed by atoms with E-state index in [0.717, 1.165) is 6.42 Å². The molecule has 2 aromatic heterocycles. The van der Waals surface area contributed by atoms with Crippen molar-refractivity contribution < 1.29 is 18.4 Å². The Morgan fingerprint density at radius 1 is 1.45 bits per heavy atom. The maximum Gasteiger partial charge on any atom is 0.284 e. The molecule has 0 fully saturated rings. The Kier molecular flexibility index (Phi) is 6.47. The van der Waals surface area contributed by atoms with E-state index in [1.54, 1.807) is 12.1 Å². The van der Waals surface area contributed by atoms with Crippen molar-refractivity contribution >= 4 is 17.7 Å². The fourth-order valence-corrected chi connectivity index (χ4v) is 2.16. The number of hydrogen-bond donors (Lipinski definition) is 1. The highest BCUT2D eigenvalue weighted by Crippen LogP contribution is 2.22. The topological polar surface area (TPSA) is 90.4 Å².